The molecule has 0 saturated heterocycles. The molecule has 5 aromatic rings. The summed E-state index contributed by atoms with van der Waals surface area (Å²) in [6.45, 7) is 9.07. The van der Waals surface area contributed by atoms with Crippen molar-refractivity contribution in [3.8, 4) is 17.2 Å². The summed E-state index contributed by atoms with van der Waals surface area (Å²) in [5.74, 6) is 2.98. The molecule has 0 saturated carbocycles. The highest BCUT2D eigenvalue weighted by Gasteiger charge is 2.13. The predicted molar refractivity (Wildman–Crippen MR) is 132 cm³/mol. The van der Waals surface area contributed by atoms with Crippen LogP contribution in [0.3, 0.4) is 0 Å². The molecular weight excluding hydrogens is 428 g/mol. The third-order valence-electron chi connectivity index (χ3n) is 5.20. The summed E-state index contributed by atoms with van der Waals surface area (Å²) in [7, 11) is 0. The normalized spacial score (nSPS) is 11.6. The van der Waals surface area contributed by atoms with Gasteiger partial charge in [-0.15, -0.1) is 0 Å². The first kappa shape index (κ1) is 21.6. The largest absolute Gasteiger partial charge is 0.493 e. The van der Waals surface area contributed by atoms with E-state index in [1.807, 2.05) is 61.7 Å². The molecule has 0 aliphatic rings. The monoisotopic (exact) mass is 454 g/mol. The molecule has 0 aliphatic carbocycles. The Balaban J connectivity index is 1.37. The lowest BCUT2D eigenvalue weighted by Crippen LogP contribution is -2.16. The number of pyridine rings is 1. The summed E-state index contributed by atoms with van der Waals surface area (Å²) >= 11 is 0. The molecule has 1 N–H and O–H groups in total. The van der Waals surface area contributed by atoms with E-state index in [4.69, 9.17) is 9.47 Å². The van der Waals surface area contributed by atoms with E-state index in [1.165, 1.54) is 6.33 Å². The molecule has 0 atom stereocenters. The second-order valence-corrected chi connectivity index (χ2v) is 9.38. The van der Waals surface area contributed by atoms with Crippen LogP contribution < -0.4 is 14.8 Å². The minimum atomic E-state index is 0.0751. The van der Waals surface area contributed by atoms with Crippen LogP contribution >= 0.6 is 0 Å². The van der Waals surface area contributed by atoms with E-state index in [9.17, 15) is 0 Å². The molecule has 3 aromatic heterocycles. The standard InChI is InChI=1S/C26H26N6O2/c1-17-11-18(5-8-23(17)34-20-9-10-32-24(13-20)28-16-30-32)31-25-21-12-19(33-14-26(2,3)4)6-7-22(21)27-15-29-25/h5-13,15-16H,14H2,1-4H3,(H,27,29,31). The van der Waals surface area contributed by atoms with Gasteiger partial charge in [-0.2, -0.15) is 5.10 Å². The van der Waals surface area contributed by atoms with Crippen molar-refractivity contribution in [3.05, 3.63) is 72.9 Å². The average molecular weight is 455 g/mol. The fraction of sp³-hybridized carbons (Fsp3) is 0.231. The SMILES string of the molecule is Cc1cc(Nc2ncnc3ccc(OCC(C)(C)C)cc23)ccc1Oc1ccn2ncnc2c1. The molecule has 34 heavy (non-hydrogen) atoms. The summed E-state index contributed by atoms with van der Waals surface area (Å²) < 4.78 is 13.8. The lowest BCUT2D eigenvalue weighted by Gasteiger charge is -2.19. The van der Waals surface area contributed by atoms with Gasteiger partial charge in [0.15, 0.2) is 5.65 Å². The second-order valence-electron chi connectivity index (χ2n) is 9.38. The zero-order valence-corrected chi connectivity index (χ0v) is 19.6. The van der Waals surface area contributed by atoms with Crippen LogP contribution in [0.25, 0.3) is 16.6 Å². The molecule has 8 nitrogen and oxygen atoms in total. The van der Waals surface area contributed by atoms with Gasteiger partial charge in [0.05, 0.1) is 12.1 Å². The lowest BCUT2D eigenvalue weighted by atomic mass is 9.99. The summed E-state index contributed by atoms with van der Waals surface area (Å²) in [5.41, 5.74) is 3.54. The molecule has 0 amide bonds. The van der Waals surface area contributed by atoms with Crippen molar-refractivity contribution >= 4 is 28.1 Å². The maximum atomic E-state index is 6.08. The van der Waals surface area contributed by atoms with E-state index < -0.39 is 0 Å². The topological polar surface area (TPSA) is 86.5 Å². The summed E-state index contributed by atoms with van der Waals surface area (Å²) in [4.78, 5) is 13.1. The lowest BCUT2D eigenvalue weighted by molar-refractivity contribution is 0.198. The summed E-state index contributed by atoms with van der Waals surface area (Å²) in [6, 6.07) is 15.5. The van der Waals surface area contributed by atoms with Crippen LogP contribution in [-0.2, 0) is 0 Å². The predicted octanol–water partition coefficient (Wildman–Crippen LogP) is 5.94. The Morgan fingerprint density at radius 1 is 0.912 bits per heavy atom. The molecule has 5 rings (SSSR count). The molecule has 3 heterocycles. The number of nitrogens with zero attached hydrogens (tertiary/aromatic N) is 5. The maximum absolute atomic E-state index is 6.08. The van der Waals surface area contributed by atoms with E-state index in [0.29, 0.717) is 12.4 Å². The molecule has 0 bridgehead atoms. The van der Waals surface area contributed by atoms with Crippen molar-refractivity contribution in [1.29, 1.82) is 0 Å². The Hall–Kier alpha value is -4.20. The first-order valence-corrected chi connectivity index (χ1v) is 11.1. The van der Waals surface area contributed by atoms with Gasteiger partial charge in [0.1, 0.15) is 35.7 Å². The first-order valence-electron chi connectivity index (χ1n) is 11.1. The summed E-state index contributed by atoms with van der Waals surface area (Å²) in [6.07, 6.45) is 4.90. The van der Waals surface area contributed by atoms with Crippen LogP contribution in [-0.4, -0.2) is 31.2 Å². The van der Waals surface area contributed by atoms with Crippen molar-refractivity contribution in [3.63, 3.8) is 0 Å². The minimum absolute atomic E-state index is 0.0751. The third-order valence-corrected chi connectivity index (χ3v) is 5.20. The number of aryl methyl sites for hydroxylation is 1. The van der Waals surface area contributed by atoms with Gasteiger partial charge < -0.3 is 14.8 Å². The van der Waals surface area contributed by atoms with E-state index in [2.05, 4.69) is 46.1 Å². The van der Waals surface area contributed by atoms with Crippen LogP contribution in [0.4, 0.5) is 11.5 Å². The molecule has 8 heteroatoms. The van der Waals surface area contributed by atoms with Gasteiger partial charge in [-0.1, -0.05) is 20.8 Å². The molecule has 0 aliphatic heterocycles. The van der Waals surface area contributed by atoms with Crippen molar-refractivity contribution < 1.29 is 9.47 Å². The van der Waals surface area contributed by atoms with Crippen molar-refractivity contribution in [2.75, 3.05) is 11.9 Å². The van der Waals surface area contributed by atoms with Crippen LogP contribution in [0.5, 0.6) is 17.2 Å². The highest BCUT2D eigenvalue weighted by molar-refractivity contribution is 5.91. The Morgan fingerprint density at radius 3 is 2.62 bits per heavy atom. The second kappa shape index (κ2) is 8.62. The van der Waals surface area contributed by atoms with Gasteiger partial charge >= 0.3 is 0 Å². The Labute approximate surface area is 197 Å². The molecule has 0 spiro atoms. The number of nitrogens with one attached hydrogen (secondary N) is 1. The van der Waals surface area contributed by atoms with Crippen molar-refractivity contribution in [2.24, 2.45) is 5.41 Å². The Kier molecular flexibility index (Phi) is 5.49. The third kappa shape index (κ3) is 4.76. The zero-order chi connectivity index (χ0) is 23.7. The molecule has 172 valence electrons. The molecular formula is C26H26N6O2. The summed E-state index contributed by atoms with van der Waals surface area (Å²) in [5, 5.41) is 8.42. The molecule has 0 fully saturated rings. The molecule has 2 aromatic carbocycles. The van der Waals surface area contributed by atoms with Crippen LogP contribution in [0.2, 0.25) is 0 Å². The van der Waals surface area contributed by atoms with Gasteiger partial charge in [-0.05, 0) is 60.4 Å². The van der Waals surface area contributed by atoms with Gasteiger partial charge in [0.25, 0.3) is 0 Å². The van der Waals surface area contributed by atoms with Gasteiger partial charge in [0.2, 0.25) is 0 Å². The fourth-order valence-electron chi connectivity index (χ4n) is 3.49. The molecule has 0 unspecified atom stereocenters. The first-order chi connectivity index (χ1) is 16.3. The number of fused-ring (bicyclic) bond motifs is 2. The van der Waals surface area contributed by atoms with E-state index in [-0.39, 0.29) is 5.41 Å². The van der Waals surface area contributed by atoms with Crippen molar-refractivity contribution in [2.45, 2.75) is 27.7 Å². The maximum Gasteiger partial charge on any atom is 0.158 e. The number of anilines is 2. The van der Waals surface area contributed by atoms with Crippen molar-refractivity contribution in [1.82, 2.24) is 24.6 Å². The number of hydrogen-bond donors (Lipinski definition) is 1. The van der Waals surface area contributed by atoms with Gasteiger partial charge in [-0.25, -0.2) is 19.5 Å². The van der Waals surface area contributed by atoms with E-state index in [0.717, 1.165) is 45.1 Å². The van der Waals surface area contributed by atoms with Crippen LogP contribution in [0, 0.1) is 12.3 Å². The number of rotatable bonds is 6. The minimum Gasteiger partial charge on any atom is -0.493 e. The quantitative estimate of drug-likeness (QED) is 0.340. The fourth-order valence-corrected chi connectivity index (χ4v) is 3.49. The van der Waals surface area contributed by atoms with E-state index in [1.54, 1.807) is 10.8 Å². The van der Waals surface area contributed by atoms with Gasteiger partial charge in [0, 0.05) is 23.3 Å². The van der Waals surface area contributed by atoms with E-state index >= 15 is 0 Å². The number of hydrogen-bond acceptors (Lipinski definition) is 7. The smallest absolute Gasteiger partial charge is 0.158 e. The van der Waals surface area contributed by atoms with Crippen LogP contribution in [0.1, 0.15) is 26.3 Å². The Morgan fingerprint density at radius 2 is 1.79 bits per heavy atom. The number of aromatic nitrogens is 5. The average Bonchev–Trinajstić information content (AvgIpc) is 3.27. The highest BCUT2D eigenvalue weighted by Crippen LogP contribution is 2.31. The van der Waals surface area contributed by atoms with Crippen LogP contribution in [0.15, 0.2) is 67.4 Å². The number of benzene rings is 2. The molecule has 0 radical (unpaired) electrons. The highest BCUT2D eigenvalue weighted by atomic mass is 16.5. The zero-order valence-electron chi connectivity index (χ0n) is 19.6. The number of ether oxygens (including phenoxy) is 2. The Bertz CT molecular complexity index is 1470. The van der Waals surface area contributed by atoms with Gasteiger partial charge in [-0.3, -0.25) is 0 Å².